The predicted octanol–water partition coefficient (Wildman–Crippen LogP) is 13.8. The summed E-state index contributed by atoms with van der Waals surface area (Å²) in [6.45, 7) is 17.9. The molecule has 0 unspecified atom stereocenters. The fourth-order valence-electron chi connectivity index (χ4n) is 6.36. The molecule has 10 heteroatoms. The van der Waals surface area contributed by atoms with E-state index in [1.165, 1.54) is 167 Å². The van der Waals surface area contributed by atoms with Crippen molar-refractivity contribution >= 4 is 66.2 Å². The fourth-order valence-corrected chi connectivity index (χ4v) is 14.7. The molecule has 0 N–H and O–H groups in total. The van der Waals surface area contributed by atoms with E-state index in [9.17, 15) is 39.6 Å². The van der Waals surface area contributed by atoms with E-state index in [1.54, 1.807) is 17.7 Å². The van der Waals surface area contributed by atoms with E-state index < -0.39 is 23.9 Å². The van der Waals surface area contributed by atoms with Gasteiger partial charge in [-0.25, -0.2) is 0 Å². The third kappa shape index (κ3) is 110. The summed E-state index contributed by atoms with van der Waals surface area (Å²) in [5.41, 5.74) is 0. The van der Waals surface area contributed by atoms with Crippen LogP contribution in [-0.4, -0.2) is 66.2 Å². The third-order valence-corrected chi connectivity index (χ3v) is 18.8. The molecule has 0 rings (SSSR count). The molecule has 8 nitrogen and oxygen atoms in total. The van der Waals surface area contributed by atoms with Crippen LogP contribution in [0.4, 0.5) is 0 Å². The quantitative estimate of drug-likeness (QED) is 0.0430. The summed E-state index contributed by atoms with van der Waals surface area (Å²) in [6, 6.07) is 0. The second kappa shape index (κ2) is 78.6. The first-order valence-electron chi connectivity index (χ1n) is 28.1. The van der Waals surface area contributed by atoms with Gasteiger partial charge in [-0.15, -0.1) is 0 Å². The van der Waals surface area contributed by atoms with Crippen LogP contribution in [0.1, 0.15) is 312 Å². The van der Waals surface area contributed by atoms with Crippen molar-refractivity contribution < 1.29 is 39.6 Å². The molecule has 0 saturated heterocycles. The van der Waals surface area contributed by atoms with Crippen LogP contribution < -0.4 is 20.4 Å². The van der Waals surface area contributed by atoms with Crippen LogP contribution in [0.2, 0.25) is 17.7 Å². The number of carboxylic acid groups (broad SMARTS) is 4. The van der Waals surface area contributed by atoms with Gasteiger partial charge in [0.05, 0.1) is 0 Å². The van der Waals surface area contributed by atoms with Crippen LogP contribution in [0.25, 0.3) is 0 Å². The van der Waals surface area contributed by atoms with E-state index >= 15 is 0 Å². The van der Waals surface area contributed by atoms with Crippen LogP contribution in [0.15, 0.2) is 0 Å². The Morgan fingerprint density at radius 2 is 0.364 bits per heavy atom. The molecule has 0 bridgehead atoms. The van der Waals surface area contributed by atoms with Crippen LogP contribution in [0.5, 0.6) is 0 Å². The summed E-state index contributed by atoms with van der Waals surface area (Å²) in [7, 11) is 0. The maximum absolute atomic E-state index is 10.1. The summed E-state index contributed by atoms with van der Waals surface area (Å²) in [5, 5.41) is 40.0. The van der Waals surface area contributed by atoms with Gasteiger partial charge in [-0.3, -0.25) is 0 Å². The van der Waals surface area contributed by atoms with Gasteiger partial charge in [-0.1, -0.05) is 182 Å². The Morgan fingerprint density at radius 3 is 0.500 bits per heavy atom. The molecule has 66 heavy (non-hydrogen) atoms. The van der Waals surface area contributed by atoms with Crippen LogP contribution in [0.3, 0.4) is 0 Å². The van der Waals surface area contributed by atoms with E-state index in [0.29, 0.717) is 0 Å². The predicted molar refractivity (Wildman–Crippen MR) is 281 cm³/mol. The van der Waals surface area contributed by atoms with Crippen molar-refractivity contribution in [2.45, 2.75) is 330 Å². The van der Waals surface area contributed by atoms with Crippen molar-refractivity contribution in [2.75, 3.05) is 0 Å². The van der Waals surface area contributed by atoms with E-state index in [-0.39, 0.29) is 68.0 Å². The van der Waals surface area contributed by atoms with Crippen molar-refractivity contribution in [3.8, 4) is 0 Å². The molecule has 0 saturated carbocycles. The molecule has 0 heterocycles. The first kappa shape index (κ1) is 76.9. The molecule has 0 spiro atoms. The van der Waals surface area contributed by atoms with E-state index in [1.807, 2.05) is 0 Å². The standard InChI is InChI=1S/2C12H24O2.2C8H16O2.4C4H9.2Sn/c2*1-2-3-4-5-6-7-8-9-10-11-12(13)14;2*1-2-3-4-5-6-7-8(9)10;4*1-3-4-2;;/h2*2-11H2,1H3,(H,13,14);2*2-7H2,1H3,(H,9,10);4*1,3-4H2,2H3;;/q;;;;;;;;2*+2/p-4. The zero-order chi connectivity index (χ0) is 50.8. The van der Waals surface area contributed by atoms with Gasteiger partial charge in [0.15, 0.2) is 0 Å². The Balaban J connectivity index is -0.000000165. The monoisotopic (exact) mass is 1150 g/mol. The normalized spacial score (nSPS) is 9.82. The van der Waals surface area contributed by atoms with E-state index in [0.717, 1.165) is 64.2 Å². The molecule has 0 radical (unpaired) electrons. The third-order valence-electron chi connectivity index (χ3n) is 10.8. The number of unbranched alkanes of at least 4 members (excludes halogenated alkanes) is 28. The average Bonchev–Trinajstić information content (AvgIpc) is 3.28. The van der Waals surface area contributed by atoms with Gasteiger partial charge in [0, 0.05) is 23.9 Å². The number of hydrogen-bond donors (Lipinski definition) is 0. The van der Waals surface area contributed by atoms with E-state index in [2.05, 4.69) is 55.4 Å². The van der Waals surface area contributed by atoms with Crippen molar-refractivity contribution in [1.29, 1.82) is 0 Å². The number of carbonyl (C=O) groups excluding carboxylic acids is 4. The summed E-state index contributed by atoms with van der Waals surface area (Å²) in [6.07, 6.45) is 45.2. The Bertz CT molecular complexity index is 808. The number of rotatable bonds is 44. The number of carbonyl (C=O) groups is 4. The second-order valence-corrected chi connectivity index (χ2v) is 26.4. The van der Waals surface area contributed by atoms with Gasteiger partial charge in [0.2, 0.25) is 0 Å². The molecule has 0 aliphatic heterocycles. The fraction of sp³-hybridized carbons (Fsp3) is 0.929. The van der Waals surface area contributed by atoms with Crippen LogP contribution in [-0.2, 0) is 19.2 Å². The molecule has 0 amide bonds. The van der Waals surface area contributed by atoms with Gasteiger partial charge in [-0.05, 0) is 51.4 Å². The molecule has 0 aliphatic carbocycles. The van der Waals surface area contributed by atoms with Gasteiger partial charge in [-0.2, -0.15) is 0 Å². The molecule has 0 aromatic rings. The minimum atomic E-state index is -0.920. The second-order valence-electron chi connectivity index (χ2n) is 17.9. The molecule has 0 aromatic heterocycles. The molecule has 0 aliphatic rings. The van der Waals surface area contributed by atoms with E-state index in [4.69, 9.17) is 0 Å². The van der Waals surface area contributed by atoms with Crippen LogP contribution in [0, 0.1) is 0 Å². The summed E-state index contributed by atoms with van der Waals surface area (Å²) < 4.78 is 6.50. The summed E-state index contributed by atoms with van der Waals surface area (Å²) in [4.78, 5) is 40.0. The molecular weight excluding hydrogens is 1040 g/mol. The Morgan fingerprint density at radius 1 is 0.227 bits per heavy atom. The van der Waals surface area contributed by atoms with Crippen LogP contribution >= 0.6 is 0 Å². The molecule has 392 valence electrons. The maximum atomic E-state index is 10.1. The van der Waals surface area contributed by atoms with Crippen molar-refractivity contribution in [3.05, 3.63) is 0 Å². The van der Waals surface area contributed by atoms with Crippen molar-refractivity contribution in [3.63, 3.8) is 0 Å². The summed E-state index contributed by atoms with van der Waals surface area (Å²) in [5.74, 6) is -3.66. The molecule has 0 aromatic carbocycles. The number of aliphatic carboxylic acids is 4. The Hall–Kier alpha value is -0.523. The van der Waals surface area contributed by atoms with Gasteiger partial charge in [0.1, 0.15) is 0 Å². The molecule has 0 atom stereocenters. The SMILES string of the molecule is CCCCCCCC(=O)[O-].CCCCCCCC(=O)[O-].CCCCCCCCCCCC(=O)[O-].CCCCCCCCCCCC(=O)[O-].CCC[CH2][Sn+2][CH2]CCC.CCC[CH2][Sn+2][CH2]CCC. The molecule has 0 fully saturated rings. The molecular formula is C56H112O8Sn2. The minimum absolute atomic E-state index is 0.149. The van der Waals surface area contributed by atoms with Crippen molar-refractivity contribution in [1.82, 2.24) is 0 Å². The van der Waals surface area contributed by atoms with Gasteiger partial charge in [0.25, 0.3) is 0 Å². The summed E-state index contributed by atoms with van der Waals surface area (Å²) >= 11 is 0.299. The van der Waals surface area contributed by atoms with Gasteiger partial charge < -0.3 is 39.6 Å². The zero-order valence-corrected chi connectivity index (χ0v) is 51.1. The van der Waals surface area contributed by atoms with Gasteiger partial charge >= 0.3 is 139 Å². The first-order chi connectivity index (χ1) is 31.9. The average molecular weight is 1150 g/mol. The topological polar surface area (TPSA) is 161 Å². The Kier molecular flexibility index (Phi) is 91.7. The zero-order valence-electron chi connectivity index (χ0n) is 45.4. The first-order valence-corrected chi connectivity index (χ1v) is 36.2. The Labute approximate surface area is 432 Å². The van der Waals surface area contributed by atoms with Crippen molar-refractivity contribution in [2.24, 2.45) is 0 Å². The number of carboxylic acids is 4. The number of hydrogen-bond acceptors (Lipinski definition) is 8.